The van der Waals surface area contributed by atoms with Crippen LogP contribution in [0.1, 0.15) is 63.3 Å². The normalized spacial score (nSPS) is 18.3. The molecule has 0 radical (unpaired) electrons. The number of rotatable bonds is 6. The molecule has 0 saturated carbocycles. The van der Waals surface area contributed by atoms with E-state index in [0.717, 1.165) is 50.1 Å². The van der Waals surface area contributed by atoms with Crippen LogP contribution in [-0.4, -0.2) is 23.7 Å². The van der Waals surface area contributed by atoms with E-state index in [-0.39, 0.29) is 24.4 Å². The SMILES string of the molecule is CCC(CC)c1cc(CNC(=O)C2CCCCN2)on1.Cl. The van der Waals surface area contributed by atoms with Crippen LogP contribution >= 0.6 is 12.4 Å². The van der Waals surface area contributed by atoms with E-state index in [9.17, 15) is 4.79 Å². The lowest BCUT2D eigenvalue weighted by Crippen LogP contribution is -2.46. The van der Waals surface area contributed by atoms with E-state index < -0.39 is 0 Å². The molecule has 5 nitrogen and oxygen atoms in total. The minimum atomic E-state index is -0.0508. The van der Waals surface area contributed by atoms with Gasteiger partial charge in [-0.2, -0.15) is 0 Å². The van der Waals surface area contributed by atoms with Crippen LogP contribution in [0.25, 0.3) is 0 Å². The number of nitrogens with one attached hydrogen (secondary N) is 2. The predicted molar refractivity (Wildman–Crippen MR) is 84.6 cm³/mol. The molecule has 21 heavy (non-hydrogen) atoms. The summed E-state index contributed by atoms with van der Waals surface area (Å²) in [6.45, 7) is 5.65. The number of halogens is 1. The quantitative estimate of drug-likeness (QED) is 0.847. The van der Waals surface area contributed by atoms with Crippen molar-refractivity contribution in [1.82, 2.24) is 15.8 Å². The van der Waals surface area contributed by atoms with Gasteiger partial charge in [-0.3, -0.25) is 4.79 Å². The Labute approximate surface area is 132 Å². The Morgan fingerprint density at radius 2 is 2.24 bits per heavy atom. The number of amides is 1. The van der Waals surface area contributed by atoms with Gasteiger partial charge in [0, 0.05) is 12.0 Å². The molecule has 120 valence electrons. The lowest BCUT2D eigenvalue weighted by Gasteiger charge is -2.22. The highest BCUT2D eigenvalue weighted by molar-refractivity contribution is 5.85. The highest BCUT2D eigenvalue weighted by Gasteiger charge is 2.20. The molecule has 2 rings (SSSR count). The molecular formula is C15H26ClN3O2. The topological polar surface area (TPSA) is 67.2 Å². The molecule has 1 atom stereocenters. The van der Waals surface area contributed by atoms with E-state index in [4.69, 9.17) is 4.52 Å². The molecule has 6 heteroatoms. The van der Waals surface area contributed by atoms with Gasteiger partial charge in [0.2, 0.25) is 5.91 Å². The molecule has 1 aliphatic heterocycles. The molecule has 0 aliphatic carbocycles. The largest absolute Gasteiger partial charge is 0.359 e. The van der Waals surface area contributed by atoms with Crippen LogP contribution in [0.15, 0.2) is 10.6 Å². The van der Waals surface area contributed by atoms with Crippen molar-refractivity contribution in [3.8, 4) is 0 Å². The summed E-state index contributed by atoms with van der Waals surface area (Å²) < 4.78 is 5.30. The lowest BCUT2D eigenvalue weighted by atomic mass is 9.99. The van der Waals surface area contributed by atoms with Crippen molar-refractivity contribution in [2.24, 2.45) is 0 Å². The second-order valence-electron chi connectivity index (χ2n) is 5.45. The molecule has 0 spiro atoms. The smallest absolute Gasteiger partial charge is 0.237 e. The summed E-state index contributed by atoms with van der Waals surface area (Å²) in [5.41, 5.74) is 0.995. The number of nitrogens with zero attached hydrogens (tertiary/aromatic N) is 1. The fourth-order valence-corrected chi connectivity index (χ4v) is 2.68. The predicted octanol–water partition coefficient (Wildman–Crippen LogP) is 2.76. The van der Waals surface area contributed by atoms with Crippen LogP contribution in [0, 0.1) is 0 Å². The fourth-order valence-electron chi connectivity index (χ4n) is 2.68. The molecule has 1 saturated heterocycles. The number of piperidine rings is 1. The van der Waals surface area contributed by atoms with Crippen LogP contribution in [0.2, 0.25) is 0 Å². The first-order valence-corrected chi connectivity index (χ1v) is 7.71. The Morgan fingerprint density at radius 1 is 1.48 bits per heavy atom. The summed E-state index contributed by atoms with van der Waals surface area (Å²) >= 11 is 0. The maximum Gasteiger partial charge on any atom is 0.237 e. The standard InChI is InChI=1S/C15H25N3O2.ClH/c1-3-11(4-2)14-9-12(20-18-14)10-17-15(19)13-7-5-6-8-16-13;/h9,11,13,16H,3-8,10H2,1-2H3,(H,17,19);1H. The highest BCUT2D eigenvalue weighted by Crippen LogP contribution is 2.22. The minimum Gasteiger partial charge on any atom is -0.359 e. The zero-order valence-corrected chi connectivity index (χ0v) is 13.7. The summed E-state index contributed by atoms with van der Waals surface area (Å²) in [5, 5.41) is 10.3. The van der Waals surface area contributed by atoms with E-state index in [2.05, 4.69) is 29.6 Å². The third-order valence-electron chi connectivity index (χ3n) is 4.04. The summed E-state index contributed by atoms with van der Waals surface area (Å²) in [5.74, 6) is 1.24. The number of hydrogen-bond acceptors (Lipinski definition) is 4. The van der Waals surface area contributed by atoms with Crippen molar-refractivity contribution in [1.29, 1.82) is 0 Å². The van der Waals surface area contributed by atoms with E-state index in [0.29, 0.717) is 12.5 Å². The Kier molecular flexibility index (Phi) is 7.75. The van der Waals surface area contributed by atoms with Gasteiger partial charge in [-0.25, -0.2) is 0 Å². The number of aromatic nitrogens is 1. The summed E-state index contributed by atoms with van der Waals surface area (Å²) in [4.78, 5) is 12.0. The molecule has 1 aromatic heterocycles. The molecule has 2 N–H and O–H groups in total. The third-order valence-corrected chi connectivity index (χ3v) is 4.04. The lowest BCUT2D eigenvalue weighted by molar-refractivity contribution is -0.123. The molecule has 0 aromatic carbocycles. The Balaban J connectivity index is 0.00000220. The second kappa shape index (κ2) is 9.05. The van der Waals surface area contributed by atoms with Crippen molar-refractivity contribution in [2.75, 3.05) is 6.54 Å². The fraction of sp³-hybridized carbons (Fsp3) is 0.733. The van der Waals surface area contributed by atoms with Gasteiger partial charge in [-0.15, -0.1) is 12.4 Å². The summed E-state index contributed by atoms with van der Waals surface area (Å²) in [7, 11) is 0. The van der Waals surface area contributed by atoms with Gasteiger partial charge in [-0.1, -0.05) is 25.4 Å². The maximum absolute atomic E-state index is 12.0. The van der Waals surface area contributed by atoms with Gasteiger partial charge in [0.25, 0.3) is 0 Å². The minimum absolute atomic E-state index is 0. The molecule has 1 aromatic rings. The molecule has 0 bridgehead atoms. The van der Waals surface area contributed by atoms with Crippen molar-refractivity contribution in [2.45, 2.75) is 64.5 Å². The monoisotopic (exact) mass is 315 g/mol. The maximum atomic E-state index is 12.0. The average Bonchev–Trinajstić information content (AvgIpc) is 2.96. The zero-order chi connectivity index (χ0) is 14.4. The first-order chi connectivity index (χ1) is 9.74. The van der Waals surface area contributed by atoms with Crippen LogP contribution in [0.5, 0.6) is 0 Å². The Bertz CT molecular complexity index is 426. The molecule has 1 aliphatic rings. The number of carbonyl (C=O) groups is 1. The molecule has 1 fully saturated rings. The van der Waals surface area contributed by atoms with E-state index in [1.54, 1.807) is 0 Å². The van der Waals surface area contributed by atoms with Crippen LogP contribution in [-0.2, 0) is 11.3 Å². The van der Waals surface area contributed by atoms with Gasteiger partial charge in [0.05, 0.1) is 18.3 Å². The van der Waals surface area contributed by atoms with Crippen molar-refractivity contribution >= 4 is 18.3 Å². The van der Waals surface area contributed by atoms with Crippen LogP contribution < -0.4 is 10.6 Å². The first-order valence-electron chi connectivity index (χ1n) is 7.71. The van der Waals surface area contributed by atoms with Crippen molar-refractivity contribution in [3.05, 3.63) is 17.5 Å². The highest BCUT2D eigenvalue weighted by atomic mass is 35.5. The average molecular weight is 316 g/mol. The van der Waals surface area contributed by atoms with Gasteiger partial charge < -0.3 is 15.2 Å². The molecule has 1 unspecified atom stereocenters. The van der Waals surface area contributed by atoms with E-state index in [1.807, 2.05) is 6.07 Å². The molecule has 1 amide bonds. The zero-order valence-electron chi connectivity index (χ0n) is 12.9. The van der Waals surface area contributed by atoms with Gasteiger partial charge in [0.1, 0.15) is 0 Å². The summed E-state index contributed by atoms with van der Waals surface area (Å²) in [6.07, 6.45) is 5.31. The van der Waals surface area contributed by atoms with Gasteiger partial charge in [-0.05, 0) is 32.2 Å². The van der Waals surface area contributed by atoms with Gasteiger partial charge in [0.15, 0.2) is 5.76 Å². The van der Waals surface area contributed by atoms with Crippen molar-refractivity contribution < 1.29 is 9.32 Å². The second-order valence-corrected chi connectivity index (χ2v) is 5.45. The van der Waals surface area contributed by atoms with Crippen LogP contribution in [0.3, 0.4) is 0 Å². The third kappa shape index (κ3) is 5.00. The van der Waals surface area contributed by atoms with Crippen LogP contribution in [0.4, 0.5) is 0 Å². The number of hydrogen-bond donors (Lipinski definition) is 2. The van der Waals surface area contributed by atoms with Gasteiger partial charge >= 0.3 is 0 Å². The molecular weight excluding hydrogens is 290 g/mol. The first kappa shape index (κ1) is 18.0. The van der Waals surface area contributed by atoms with E-state index >= 15 is 0 Å². The van der Waals surface area contributed by atoms with Crippen molar-refractivity contribution in [3.63, 3.8) is 0 Å². The Hall–Kier alpha value is -1.07. The van der Waals surface area contributed by atoms with E-state index in [1.165, 1.54) is 0 Å². The Morgan fingerprint density at radius 3 is 2.86 bits per heavy atom. The summed E-state index contributed by atoms with van der Waals surface area (Å²) in [6, 6.07) is 1.91. The molecule has 2 heterocycles. The number of carbonyl (C=O) groups excluding carboxylic acids is 1.